The van der Waals surface area contributed by atoms with E-state index in [2.05, 4.69) is 5.32 Å². The number of hydrogen-bond acceptors (Lipinski definition) is 4. The first kappa shape index (κ1) is 14.6. The van der Waals surface area contributed by atoms with Crippen LogP contribution in [-0.4, -0.2) is 39.2 Å². The smallest absolute Gasteiger partial charge is 0.303 e. The van der Waals surface area contributed by atoms with Crippen LogP contribution in [0.2, 0.25) is 0 Å². The predicted octanol–water partition coefficient (Wildman–Crippen LogP) is 0.0199. The van der Waals surface area contributed by atoms with Crippen LogP contribution in [-0.2, 0) is 20.4 Å². The normalized spacial score (nSPS) is 17.5. The van der Waals surface area contributed by atoms with Crippen molar-refractivity contribution >= 4 is 22.7 Å². The zero-order valence-corrected chi connectivity index (χ0v) is 10.8. The number of amides is 1. The molecule has 1 aliphatic carbocycles. The van der Waals surface area contributed by atoms with Crippen molar-refractivity contribution in [1.82, 2.24) is 5.32 Å². The van der Waals surface area contributed by atoms with Gasteiger partial charge >= 0.3 is 5.97 Å². The molecule has 7 heteroatoms. The molecule has 1 amide bonds. The van der Waals surface area contributed by atoms with Gasteiger partial charge in [-0.3, -0.25) is 13.8 Å². The van der Waals surface area contributed by atoms with E-state index in [1.165, 1.54) is 0 Å². The molecule has 1 saturated carbocycles. The summed E-state index contributed by atoms with van der Waals surface area (Å²) in [6, 6.07) is 1.89. The minimum absolute atomic E-state index is 0.0226. The number of carboxylic acid groups (broad SMARTS) is 1. The van der Waals surface area contributed by atoms with Crippen LogP contribution in [0.1, 0.15) is 25.7 Å². The molecule has 1 fully saturated rings. The second kappa shape index (κ2) is 6.50. The van der Waals surface area contributed by atoms with Gasteiger partial charge in [-0.1, -0.05) is 0 Å². The van der Waals surface area contributed by atoms with Crippen LogP contribution in [0.25, 0.3) is 0 Å². The van der Waals surface area contributed by atoms with Crippen molar-refractivity contribution in [2.75, 3.05) is 18.1 Å². The molecule has 1 unspecified atom stereocenters. The highest BCUT2D eigenvalue weighted by molar-refractivity contribution is 7.85. The molecular weight excluding hydrogens is 256 g/mol. The van der Waals surface area contributed by atoms with Gasteiger partial charge in [-0.05, 0) is 18.3 Å². The maximum atomic E-state index is 11.7. The number of nitrogens with one attached hydrogen (secondary N) is 1. The third-order valence-electron chi connectivity index (χ3n) is 2.80. The molecule has 1 aliphatic rings. The van der Waals surface area contributed by atoms with Crippen molar-refractivity contribution in [3.8, 4) is 6.07 Å². The Balaban J connectivity index is 2.27. The highest BCUT2D eigenvalue weighted by atomic mass is 32.2. The lowest BCUT2D eigenvalue weighted by molar-refractivity contribution is -0.138. The molecular formula is C11H16N2O4S. The van der Waals surface area contributed by atoms with Crippen LogP contribution in [0, 0.1) is 16.7 Å². The number of nitriles is 1. The Morgan fingerprint density at radius 1 is 1.44 bits per heavy atom. The van der Waals surface area contributed by atoms with E-state index >= 15 is 0 Å². The van der Waals surface area contributed by atoms with Gasteiger partial charge in [0.15, 0.2) is 0 Å². The molecule has 0 aliphatic heterocycles. The lowest BCUT2D eigenvalue weighted by Crippen LogP contribution is -2.31. The monoisotopic (exact) mass is 272 g/mol. The summed E-state index contributed by atoms with van der Waals surface area (Å²) in [6.07, 6.45) is 1.78. The van der Waals surface area contributed by atoms with Crippen LogP contribution < -0.4 is 5.32 Å². The Kier molecular flexibility index (Phi) is 5.28. The van der Waals surface area contributed by atoms with E-state index in [4.69, 9.17) is 10.4 Å². The molecule has 0 aromatic heterocycles. The topological polar surface area (TPSA) is 107 Å². The van der Waals surface area contributed by atoms with E-state index in [0.29, 0.717) is 0 Å². The first-order chi connectivity index (χ1) is 8.47. The quantitative estimate of drug-likeness (QED) is 0.606. The summed E-state index contributed by atoms with van der Waals surface area (Å²) in [4.78, 5) is 22.0. The first-order valence-corrected chi connectivity index (χ1v) is 7.17. The van der Waals surface area contributed by atoms with Gasteiger partial charge in [-0.2, -0.15) is 5.26 Å². The van der Waals surface area contributed by atoms with Gasteiger partial charge in [0.1, 0.15) is 5.75 Å². The molecule has 1 atom stereocenters. The molecule has 0 aromatic rings. The average molecular weight is 272 g/mol. The third kappa shape index (κ3) is 5.27. The van der Waals surface area contributed by atoms with Gasteiger partial charge in [0.2, 0.25) is 5.91 Å². The maximum absolute atomic E-state index is 11.7. The van der Waals surface area contributed by atoms with Gasteiger partial charge in [0.05, 0.1) is 18.9 Å². The number of carbonyl (C=O) groups is 2. The zero-order chi connectivity index (χ0) is 13.6. The van der Waals surface area contributed by atoms with Crippen LogP contribution >= 0.6 is 0 Å². The summed E-state index contributed by atoms with van der Waals surface area (Å²) in [7, 11) is -1.34. The largest absolute Gasteiger partial charge is 0.481 e. The lowest BCUT2D eigenvalue weighted by Gasteiger charge is -2.11. The van der Waals surface area contributed by atoms with Crippen molar-refractivity contribution in [2.24, 2.45) is 5.41 Å². The number of carbonyl (C=O) groups excluding carboxylic acids is 1. The fraction of sp³-hybridized carbons (Fsp3) is 0.727. The summed E-state index contributed by atoms with van der Waals surface area (Å²) in [5, 5.41) is 19.5. The first-order valence-electron chi connectivity index (χ1n) is 5.68. The average Bonchev–Trinajstić information content (AvgIpc) is 2.96. The second-order valence-corrected chi connectivity index (χ2v) is 6.01. The molecule has 0 radical (unpaired) electrons. The molecule has 100 valence electrons. The summed E-state index contributed by atoms with van der Waals surface area (Å²) in [5.41, 5.74) is -0.358. The molecule has 0 aromatic carbocycles. The maximum Gasteiger partial charge on any atom is 0.303 e. The van der Waals surface area contributed by atoms with Gasteiger partial charge in [-0.15, -0.1) is 0 Å². The van der Waals surface area contributed by atoms with Crippen LogP contribution in [0.3, 0.4) is 0 Å². The minimum Gasteiger partial charge on any atom is -0.481 e. The number of nitrogens with zero attached hydrogens (tertiary/aromatic N) is 1. The second-order valence-electron chi connectivity index (χ2n) is 4.56. The van der Waals surface area contributed by atoms with Crippen molar-refractivity contribution in [3.05, 3.63) is 0 Å². The van der Waals surface area contributed by atoms with E-state index in [1.807, 2.05) is 6.07 Å². The molecule has 2 N–H and O–H groups in total. The zero-order valence-electron chi connectivity index (χ0n) is 9.98. The Labute approximate surface area is 108 Å². The van der Waals surface area contributed by atoms with Crippen molar-refractivity contribution in [2.45, 2.75) is 25.7 Å². The van der Waals surface area contributed by atoms with Gasteiger partial charge in [0.25, 0.3) is 0 Å². The van der Waals surface area contributed by atoms with Crippen molar-refractivity contribution < 1.29 is 18.9 Å². The standard InChI is InChI=1S/C11H16N2O4S/c12-4-1-5-13-9(14)7-18(17)8-11(2-3-11)6-10(15)16/h1-3,5-8H2,(H,13,14)(H,15,16). The fourth-order valence-corrected chi connectivity index (χ4v) is 3.29. The Bertz CT molecular complexity index is 398. The molecule has 18 heavy (non-hydrogen) atoms. The van der Waals surface area contributed by atoms with E-state index in [-0.39, 0.29) is 42.2 Å². The van der Waals surface area contributed by atoms with Gasteiger partial charge < -0.3 is 10.4 Å². The summed E-state index contributed by atoms with van der Waals surface area (Å²) in [5.74, 6) is -1.09. The molecule has 0 spiro atoms. The number of aliphatic carboxylic acids is 1. The van der Waals surface area contributed by atoms with Gasteiger partial charge in [0, 0.05) is 23.1 Å². The highest BCUT2D eigenvalue weighted by Gasteiger charge is 2.45. The van der Waals surface area contributed by atoms with E-state index in [9.17, 15) is 13.8 Å². The number of hydrogen-bond donors (Lipinski definition) is 2. The van der Waals surface area contributed by atoms with E-state index < -0.39 is 16.8 Å². The Morgan fingerprint density at radius 3 is 2.61 bits per heavy atom. The Hall–Kier alpha value is -1.42. The summed E-state index contributed by atoms with van der Waals surface area (Å²) >= 11 is 0. The fourth-order valence-electron chi connectivity index (χ4n) is 1.72. The van der Waals surface area contributed by atoms with E-state index in [1.54, 1.807) is 0 Å². The van der Waals surface area contributed by atoms with Gasteiger partial charge in [-0.25, -0.2) is 0 Å². The lowest BCUT2D eigenvalue weighted by atomic mass is 10.1. The molecule has 0 heterocycles. The minimum atomic E-state index is -1.34. The summed E-state index contributed by atoms with van der Waals surface area (Å²) in [6.45, 7) is 0.257. The highest BCUT2D eigenvalue weighted by Crippen LogP contribution is 2.49. The van der Waals surface area contributed by atoms with Crippen molar-refractivity contribution in [3.63, 3.8) is 0 Å². The number of rotatable bonds is 8. The van der Waals surface area contributed by atoms with E-state index in [0.717, 1.165) is 12.8 Å². The number of carboxylic acids is 1. The molecule has 6 nitrogen and oxygen atoms in total. The Morgan fingerprint density at radius 2 is 2.11 bits per heavy atom. The predicted molar refractivity (Wildman–Crippen MR) is 65.0 cm³/mol. The summed E-state index contributed by atoms with van der Waals surface area (Å²) < 4.78 is 11.7. The SMILES string of the molecule is N#CCCNC(=O)CS(=O)CC1(CC(=O)O)CC1. The van der Waals surface area contributed by atoms with Crippen LogP contribution in [0.4, 0.5) is 0 Å². The van der Waals surface area contributed by atoms with Crippen molar-refractivity contribution in [1.29, 1.82) is 5.26 Å². The van der Waals surface area contributed by atoms with Crippen LogP contribution in [0.15, 0.2) is 0 Å². The molecule has 1 rings (SSSR count). The molecule has 0 bridgehead atoms. The third-order valence-corrected chi connectivity index (χ3v) is 4.32. The van der Waals surface area contributed by atoms with Crippen LogP contribution in [0.5, 0.6) is 0 Å². The molecule has 0 saturated heterocycles.